The van der Waals surface area contributed by atoms with E-state index < -0.39 is 0 Å². The van der Waals surface area contributed by atoms with Gasteiger partial charge in [-0.2, -0.15) is 5.26 Å². The maximum Gasteiger partial charge on any atom is 0.0787 e. The molecule has 2 nitrogen and oxygen atoms in total. The molecule has 1 aliphatic heterocycles. The third kappa shape index (κ3) is 3.68. The predicted molar refractivity (Wildman–Crippen MR) is 61.3 cm³/mol. The second kappa shape index (κ2) is 6.63. The number of hydrogen-bond donors (Lipinski definition) is 0. The van der Waals surface area contributed by atoms with Crippen molar-refractivity contribution >= 4 is 0 Å². The number of nitriles is 1. The summed E-state index contributed by atoms with van der Waals surface area (Å²) in [5, 5.41) is 8.60. The van der Waals surface area contributed by atoms with Gasteiger partial charge >= 0.3 is 0 Å². The van der Waals surface area contributed by atoms with E-state index in [0.717, 1.165) is 19.4 Å². The molecule has 0 saturated carbocycles. The Labute approximate surface area is 92.9 Å². The van der Waals surface area contributed by atoms with Crippen LogP contribution in [0.15, 0.2) is 12.2 Å². The molecule has 0 aromatic heterocycles. The highest BCUT2D eigenvalue weighted by Crippen LogP contribution is 2.31. The maximum atomic E-state index is 8.60. The largest absolute Gasteiger partial charge is 0.374 e. The lowest BCUT2D eigenvalue weighted by Gasteiger charge is -2.16. The Balaban J connectivity index is 2.44. The van der Waals surface area contributed by atoms with Gasteiger partial charge in [0.2, 0.25) is 0 Å². The zero-order valence-corrected chi connectivity index (χ0v) is 9.78. The van der Waals surface area contributed by atoms with Crippen LogP contribution in [0.1, 0.15) is 39.5 Å². The van der Waals surface area contributed by atoms with Crippen molar-refractivity contribution in [3.63, 3.8) is 0 Å². The molecule has 2 heteroatoms. The molecule has 15 heavy (non-hydrogen) atoms. The Morgan fingerprint density at radius 1 is 1.53 bits per heavy atom. The summed E-state index contributed by atoms with van der Waals surface area (Å²) < 4.78 is 5.73. The average molecular weight is 207 g/mol. The summed E-state index contributed by atoms with van der Waals surface area (Å²) in [7, 11) is 0. The van der Waals surface area contributed by atoms with Gasteiger partial charge in [0.15, 0.2) is 0 Å². The predicted octanol–water partition coefficient (Wildman–Crippen LogP) is 3.30. The second-order valence-corrected chi connectivity index (χ2v) is 4.35. The lowest BCUT2D eigenvalue weighted by Crippen LogP contribution is -2.16. The number of rotatable bonds is 5. The summed E-state index contributed by atoms with van der Waals surface area (Å²) in [6, 6.07) is 2.22. The molecule has 1 aliphatic rings. The van der Waals surface area contributed by atoms with Crippen molar-refractivity contribution in [1.29, 1.82) is 5.26 Å². The molecule has 0 spiro atoms. The van der Waals surface area contributed by atoms with Crippen molar-refractivity contribution in [2.24, 2.45) is 11.8 Å². The Morgan fingerprint density at radius 3 is 3.00 bits per heavy atom. The number of ether oxygens (including phenoxy) is 1. The van der Waals surface area contributed by atoms with Gasteiger partial charge in [-0.1, -0.05) is 32.4 Å². The van der Waals surface area contributed by atoms with Crippen LogP contribution in [-0.2, 0) is 4.74 Å². The fraction of sp³-hybridized carbons (Fsp3) is 0.769. The molecule has 1 rings (SSSR count). The maximum absolute atomic E-state index is 8.60. The molecule has 3 atom stereocenters. The standard InChI is InChI=1S/C13H21NO/c1-3-4-5-8-13-12(7-6-9-14)11(2)10-15-13/h5,8,11-13H,3-4,6-7,10H2,1-2H3/b8-5+/t11-,12-,13+/m0/s1. The normalized spacial score (nSPS) is 30.9. The molecule has 0 N–H and O–H groups in total. The van der Waals surface area contributed by atoms with Crippen LogP contribution >= 0.6 is 0 Å². The smallest absolute Gasteiger partial charge is 0.0787 e. The van der Waals surface area contributed by atoms with E-state index in [2.05, 4.69) is 32.1 Å². The molecule has 0 bridgehead atoms. The zero-order valence-electron chi connectivity index (χ0n) is 9.78. The fourth-order valence-electron chi connectivity index (χ4n) is 2.11. The van der Waals surface area contributed by atoms with Crippen LogP contribution in [0, 0.1) is 23.2 Å². The van der Waals surface area contributed by atoms with E-state index in [4.69, 9.17) is 10.00 Å². The van der Waals surface area contributed by atoms with Gasteiger partial charge in [-0.25, -0.2) is 0 Å². The SMILES string of the molecule is CCC/C=C/[C@H]1OC[C@H](C)[C@@H]1CCC#N. The van der Waals surface area contributed by atoms with E-state index >= 15 is 0 Å². The summed E-state index contributed by atoms with van der Waals surface area (Å²) in [4.78, 5) is 0. The minimum absolute atomic E-state index is 0.250. The van der Waals surface area contributed by atoms with E-state index in [1.807, 2.05) is 0 Å². The van der Waals surface area contributed by atoms with Crippen molar-refractivity contribution in [2.75, 3.05) is 6.61 Å². The van der Waals surface area contributed by atoms with Crippen LogP contribution in [0.3, 0.4) is 0 Å². The molecule has 0 aliphatic carbocycles. The highest BCUT2D eigenvalue weighted by atomic mass is 16.5. The Kier molecular flexibility index (Phi) is 5.42. The fourth-order valence-corrected chi connectivity index (χ4v) is 2.11. The van der Waals surface area contributed by atoms with Gasteiger partial charge in [0.25, 0.3) is 0 Å². The molecule has 0 amide bonds. The first-order valence-electron chi connectivity index (χ1n) is 5.94. The van der Waals surface area contributed by atoms with Gasteiger partial charge in [-0.3, -0.25) is 0 Å². The molecule has 0 unspecified atom stereocenters. The number of allylic oxidation sites excluding steroid dienone is 1. The van der Waals surface area contributed by atoms with Crippen molar-refractivity contribution in [1.82, 2.24) is 0 Å². The van der Waals surface area contributed by atoms with Crippen molar-refractivity contribution in [3.05, 3.63) is 12.2 Å². The summed E-state index contributed by atoms with van der Waals surface area (Å²) in [5.41, 5.74) is 0. The first-order chi connectivity index (χ1) is 7.29. The zero-order chi connectivity index (χ0) is 11.1. The summed E-state index contributed by atoms with van der Waals surface area (Å²) in [6.45, 7) is 5.24. The van der Waals surface area contributed by atoms with Crippen LogP contribution in [0.2, 0.25) is 0 Å². The summed E-state index contributed by atoms with van der Waals surface area (Å²) in [5.74, 6) is 1.13. The Morgan fingerprint density at radius 2 is 2.33 bits per heavy atom. The highest BCUT2D eigenvalue weighted by molar-refractivity contribution is 4.98. The van der Waals surface area contributed by atoms with Gasteiger partial charge in [0, 0.05) is 6.42 Å². The van der Waals surface area contributed by atoms with Gasteiger partial charge in [0.05, 0.1) is 18.8 Å². The molecule has 1 heterocycles. The van der Waals surface area contributed by atoms with Gasteiger partial charge in [-0.15, -0.1) is 0 Å². The van der Waals surface area contributed by atoms with E-state index in [1.54, 1.807) is 0 Å². The minimum atomic E-state index is 0.250. The minimum Gasteiger partial charge on any atom is -0.374 e. The molecule has 1 saturated heterocycles. The van der Waals surface area contributed by atoms with Crippen LogP contribution < -0.4 is 0 Å². The van der Waals surface area contributed by atoms with E-state index in [0.29, 0.717) is 18.3 Å². The average Bonchev–Trinajstić information content (AvgIpc) is 2.58. The lowest BCUT2D eigenvalue weighted by atomic mass is 9.88. The third-order valence-electron chi connectivity index (χ3n) is 3.08. The monoisotopic (exact) mass is 207 g/mol. The number of hydrogen-bond acceptors (Lipinski definition) is 2. The van der Waals surface area contributed by atoms with Gasteiger partial charge in [-0.05, 0) is 24.7 Å². The van der Waals surface area contributed by atoms with E-state index in [1.165, 1.54) is 6.42 Å². The van der Waals surface area contributed by atoms with E-state index in [-0.39, 0.29) is 6.10 Å². The molecule has 0 aromatic carbocycles. The molecular formula is C13H21NO. The molecule has 84 valence electrons. The van der Waals surface area contributed by atoms with Crippen LogP contribution in [-0.4, -0.2) is 12.7 Å². The third-order valence-corrected chi connectivity index (χ3v) is 3.08. The molecule has 1 fully saturated rings. The molecule has 0 aromatic rings. The topological polar surface area (TPSA) is 33.0 Å². The van der Waals surface area contributed by atoms with Crippen molar-refractivity contribution < 1.29 is 4.74 Å². The number of nitrogens with zero attached hydrogens (tertiary/aromatic N) is 1. The quantitative estimate of drug-likeness (QED) is 0.648. The summed E-state index contributed by atoms with van der Waals surface area (Å²) >= 11 is 0. The van der Waals surface area contributed by atoms with E-state index in [9.17, 15) is 0 Å². The Bertz CT molecular complexity index is 241. The van der Waals surface area contributed by atoms with Crippen molar-refractivity contribution in [2.45, 2.75) is 45.6 Å². The van der Waals surface area contributed by atoms with Crippen LogP contribution in [0.25, 0.3) is 0 Å². The highest BCUT2D eigenvalue weighted by Gasteiger charge is 2.31. The van der Waals surface area contributed by atoms with Crippen LogP contribution in [0.5, 0.6) is 0 Å². The molecular weight excluding hydrogens is 186 g/mol. The van der Waals surface area contributed by atoms with Gasteiger partial charge < -0.3 is 4.74 Å². The molecule has 0 radical (unpaired) electrons. The van der Waals surface area contributed by atoms with Gasteiger partial charge in [0.1, 0.15) is 0 Å². The first-order valence-corrected chi connectivity index (χ1v) is 5.94. The lowest BCUT2D eigenvalue weighted by molar-refractivity contribution is 0.125. The van der Waals surface area contributed by atoms with Crippen molar-refractivity contribution in [3.8, 4) is 6.07 Å². The number of unbranched alkanes of at least 4 members (excludes halogenated alkanes) is 1. The first kappa shape index (κ1) is 12.3. The Hall–Kier alpha value is -0.810. The second-order valence-electron chi connectivity index (χ2n) is 4.35. The summed E-state index contributed by atoms with van der Waals surface area (Å²) in [6.07, 6.45) is 8.58. The van der Waals surface area contributed by atoms with Crippen LogP contribution in [0.4, 0.5) is 0 Å².